The van der Waals surface area contributed by atoms with Crippen LogP contribution in [-0.2, 0) is 4.79 Å². The summed E-state index contributed by atoms with van der Waals surface area (Å²) in [6.45, 7) is 12.0. The first-order valence-corrected chi connectivity index (χ1v) is 4.79. The van der Waals surface area contributed by atoms with Crippen LogP contribution in [0.3, 0.4) is 0 Å². The van der Waals surface area contributed by atoms with Gasteiger partial charge in [-0.15, -0.1) is 13.2 Å². The van der Waals surface area contributed by atoms with Crippen LogP contribution in [0.2, 0.25) is 0 Å². The minimum absolute atomic E-state index is 0.136. The van der Waals surface area contributed by atoms with Gasteiger partial charge in [-0.1, -0.05) is 26.0 Å². The topological polar surface area (TPSA) is 17.1 Å². The third-order valence-corrected chi connectivity index (χ3v) is 3.38. The van der Waals surface area contributed by atoms with Gasteiger partial charge in [0.25, 0.3) is 0 Å². The Bertz CT molecular complexity index is 216. The molecule has 0 amide bonds. The molecule has 2 atom stereocenters. The maximum Gasteiger partial charge on any atom is 0.134 e. The van der Waals surface area contributed by atoms with Crippen LogP contribution < -0.4 is 0 Å². The standard InChI is InChI=1S/C12H18O/c1-5-9-7-11(13)8-10(6-2)12(9,3)4/h5-6,9-10H,1-2,7-8H2,3-4H3. The summed E-state index contributed by atoms with van der Waals surface area (Å²) < 4.78 is 0. The minimum Gasteiger partial charge on any atom is -0.300 e. The molecule has 1 saturated carbocycles. The molecule has 1 aliphatic carbocycles. The van der Waals surface area contributed by atoms with Crippen molar-refractivity contribution in [1.29, 1.82) is 0 Å². The number of hydrogen-bond acceptors (Lipinski definition) is 1. The lowest BCUT2D eigenvalue weighted by molar-refractivity contribution is -0.125. The Morgan fingerprint density at radius 1 is 1.23 bits per heavy atom. The molecule has 0 aromatic rings. The van der Waals surface area contributed by atoms with Crippen LogP contribution in [0.1, 0.15) is 26.7 Å². The maximum absolute atomic E-state index is 11.4. The SMILES string of the molecule is C=CC1CC(=O)CC(C=C)C1(C)C. The Balaban J connectivity index is 2.92. The van der Waals surface area contributed by atoms with E-state index in [1.54, 1.807) is 0 Å². The fourth-order valence-corrected chi connectivity index (χ4v) is 2.15. The van der Waals surface area contributed by atoms with Crippen LogP contribution in [0.4, 0.5) is 0 Å². The second-order valence-corrected chi connectivity index (χ2v) is 4.45. The summed E-state index contributed by atoms with van der Waals surface area (Å²) in [6.07, 6.45) is 5.13. The van der Waals surface area contributed by atoms with Crippen LogP contribution in [0.25, 0.3) is 0 Å². The van der Waals surface area contributed by atoms with Gasteiger partial charge in [0.2, 0.25) is 0 Å². The average Bonchev–Trinajstić information content (AvgIpc) is 2.08. The van der Waals surface area contributed by atoms with Gasteiger partial charge in [-0.3, -0.25) is 4.79 Å². The molecule has 1 aliphatic rings. The van der Waals surface area contributed by atoms with Crippen LogP contribution >= 0.6 is 0 Å². The third-order valence-electron chi connectivity index (χ3n) is 3.38. The van der Waals surface area contributed by atoms with Crippen molar-refractivity contribution in [3.05, 3.63) is 25.3 Å². The van der Waals surface area contributed by atoms with Gasteiger partial charge in [0.1, 0.15) is 5.78 Å². The van der Waals surface area contributed by atoms with E-state index in [4.69, 9.17) is 0 Å². The number of Topliss-reactive ketones (excluding diaryl/α,β-unsaturated/α-hetero) is 1. The molecule has 0 aromatic heterocycles. The Morgan fingerprint density at radius 3 is 1.92 bits per heavy atom. The molecule has 1 rings (SSSR count). The van der Waals surface area contributed by atoms with Gasteiger partial charge in [-0.05, 0) is 17.3 Å². The van der Waals surface area contributed by atoms with Crippen molar-refractivity contribution in [1.82, 2.24) is 0 Å². The molecule has 0 N–H and O–H groups in total. The lowest BCUT2D eigenvalue weighted by Crippen LogP contribution is -2.38. The Hall–Kier alpha value is -0.850. The highest BCUT2D eigenvalue weighted by atomic mass is 16.1. The van der Waals surface area contributed by atoms with Gasteiger partial charge < -0.3 is 0 Å². The summed E-state index contributed by atoms with van der Waals surface area (Å²) in [5.41, 5.74) is 0.136. The Kier molecular flexibility index (Phi) is 2.74. The van der Waals surface area contributed by atoms with Crippen molar-refractivity contribution < 1.29 is 4.79 Å². The van der Waals surface area contributed by atoms with E-state index in [1.165, 1.54) is 0 Å². The molecular weight excluding hydrogens is 160 g/mol. The van der Waals surface area contributed by atoms with E-state index in [0.717, 1.165) is 0 Å². The molecule has 0 bridgehead atoms. The van der Waals surface area contributed by atoms with Crippen LogP contribution in [0.15, 0.2) is 25.3 Å². The lowest BCUT2D eigenvalue weighted by Gasteiger charge is -2.42. The van der Waals surface area contributed by atoms with E-state index in [2.05, 4.69) is 27.0 Å². The molecule has 1 nitrogen and oxygen atoms in total. The number of ketones is 1. The highest BCUT2D eigenvalue weighted by Crippen LogP contribution is 2.44. The van der Waals surface area contributed by atoms with Crippen molar-refractivity contribution >= 4 is 5.78 Å². The van der Waals surface area contributed by atoms with Crippen LogP contribution in [0.5, 0.6) is 0 Å². The summed E-state index contributed by atoms with van der Waals surface area (Å²) in [7, 11) is 0. The van der Waals surface area contributed by atoms with Gasteiger partial charge >= 0.3 is 0 Å². The van der Waals surface area contributed by atoms with Gasteiger partial charge in [0.15, 0.2) is 0 Å². The van der Waals surface area contributed by atoms with Crippen molar-refractivity contribution in [2.45, 2.75) is 26.7 Å². The molecule has 2 unspecified atom stereocenters. The van der Waals surface area contributed by atoms with Crippen molar-refractivity contribution in [3.63, 3.8) is 0 Å². The summed E-state index contributed by atoms with van der Waals surface area (Å²) >= 11 is 0. The molecular formula is C12H18O. The molecule has 0 spiro atoms. The second kappa shape index (κ2) is 3.49. The number of hydrogen-bond donors (Lipinski definition) is 0. The Morgan fingerprint density at radius 2 is 1.62 bits per heavy atom. The van der Waals surface area contributed by atoms with E-state index in [9.17, 15) is 4.79 Å². The molecule has 1 fully saturated rings. The maximum atomic E-state index is 11.4. The van der Waals surface area contributed by atoms with Crippen molar-refractivity contribution in [2.75, 3.05) is 0 Å². The van der Waals surface area contributed by atoms with Gasteiger partial charge in [0.05, 0.1) is 0 Å². The Labute approximate surface area is 80.5 Å². The highest BCUT2D eigenvalue weighted by molar-refractivity contribution is 5.80. The molecule has 1 heteroatoms. The van der Waals surface area contributed by atoms with E-state index in [-0.39, 0.29) is 5.41 Å². The van der Waals surface area contributed by atoms with Crippen molar-refractivity contribution in [3.8, 4) is 0 Å². The fraction of sp³-hybridized carbons (Fsp3) is 0.583. The lowest BCUT2D eigenvalue weighted by atomic mass is 9.62. The van der Waals surface area contributed by atoms with Gasteiger partial charge in [-0.2, -0.15) is 0 Å². The zero-order valence-electron chi connectivity index (χ0n) is 8.55. The molecule has 0 heterocycles. The molecule has 72 valence electrons. The molecule has 0 aromatic carbocycles. The van der Waals surface area contributed by atoms with E-state index in [0.29, 0.717) is 30.5 Å². The van der Waals surface area contributed by atoms with Crippen molar-refractivity contribution in [2.24, 2.45) is 17.3 Å². The fourth-order valence-electron chi connectivity index (χ4n) is 2.15. The number of rotatable bonds is 2. The number of carbonyl (C=O) groups is 1. The number of allylic oxidation sites excluding steroid dienone is 2. The molecule has 13 heavy (non-hydrogen) atoms. The summed E-state index contributed by atoms with van der Waals surface area (Å²) in [5.74, 6) is 0.947. The average molecular weight is 178 g/mol. The quantitative estimate of drug-likeness (QED) is 0.594. The normalized spacial score (nSPS) is 32.6. The smallest absolute Gasteiger partial charge is 0.134 e. The van der Waals surface area contributed by atoms with Gasteiger partial charge in [0, 0.05) is 12.8 Å². The van der Waals surface area contributed by atoms with E-state index >= 15 is 0 Å². The summed E-state index contributed by atoms with van der Waals surface area (Å²) in [4.78, 5) is 11.4. The third kappa shape index (κ3) is 1.74. The van der Waals surface area contributed by atoms with E-state index in [1.807, 2.05) is 12.2 Å². The monoisotopic (exact) mass is 178 g/mol. The highest BCUT2D eigenvalue weighted by Gasteiger charge is 2.40. The predicted molar refractivity (Wildman–Crippen MR) is 55.4 cm³/mol. The summed E-state index contributed by atoms with van der Waals surface area (Å²) in [6, 6.07) is 0. The largest absolute Gasteiger partial charge is 0.300 e. The van der Waals surface area contributed by atoms with E-state index < -0.39 is 0 Å². The second-order valence-electron chi connectivity index (χ2n) is 4.45. The van der Waals surface area contributed by atoms with Gasteiger partial charge in [-0.25, -0.2) is 0 Å². The molecule has 0 radical (unpaired) electrons. The van der Waals surface area contributed by atoms with Crippen LogP contribution in [0, 0.1) is 17.3 Å². The number of carbonyl (C=O) groups excluding carboxylic acids is 1. The predicted octanol–water partition coefficient (Wildman–Crippen LogP) is 2.98. The molecule has 0 aliphatic heterocycles. The zero-order chi connectivity index (χ0) is 10.1. The first-order chi connectivity index (χ1) is 6.02. The first-order valence-electron chi connectivity index (χ1n) is 4.79. The molecule has 0 saturated heterocycles. The minimum atomic E-state index is 0.136. The summed E-state index contributed by atoms with van der Waals surface area (Å²) in [5, 5.41) is 0. The first kappa shape index (κ1) is 10.2. The zero-order valence-corrected chi connectivity index (χ0v) is 8.55. The van der Waals surface area contributed by atoms with Crippen LogP contribution in [-0.4, -0.2) is 5.78 Å².